The van der Waals surface area contributed by atoms with E-state index in [1.807, 2.05) is 13.0 Å². The second-order valence-electron chi connectivity index (χ2n) is 2.59. The Morgan fingerprint density at radius 2 is 2.23 bits per heavy atom. The molecule has 0 fully saturated rings. The fraction of sp³-hybridized carbons (Fsp3) is 0.111. The summed E-state index contributed by atoms with van der Waals surface area (Å²) in [7, 11) is 0. The molecular formula is C9H7ClN2O. The second-order valence-corrected chi connectivity index (χ2v) is 2.98. The van der Waals surface area contributed by atoms with E-state index in [-0.39, 0.29) is 0 Å². The molecule has 0 amide bonds. The summed E-state index contributed by atoms with van der Waals surface area (Å²) >= 11 is 5.73. The van der Waals surface area contributed by atoms with Gasteiger partial charge < -0.3 is 4.42 Å². The van der Waals surface area contributed by atoms with Gasteiger partial charge in [-0.05, 0) is 19.1 Å². The molecule has 0 radical (unpaired) electrons. The summed E-state index contributed by atoms with van der Waals surface area (Å²) in [5.74, 6) is 1.39. The molecule has 0 spiro atoms. The van der Waals surface area contributed by atoms with Crippen LogP contribution in [0, 0.1) is 6.92 Å². The van der Waals surface area contributed by atoms with Crippen LogP contribution < -0.4 is 0 Å². The standard InChI is InChI=1S/C9H7ClN2O/c1-6-7(3-5-13-6)9-11-4-2-8(10)12-9/h2-5H,1H3. The van der Waals surface area contributed by atoms with Crippen molar-refractivity contribution in [3.8, 4) is 11.4 Å². The van der Waals surface area contributed by atoms with Crippen molar-refractivity contribution in [3.05, 3.63) is 35.5 Å². The summed E-state index contributed by atoms with van der Waals surface area (Å²) in [6.45, 7) is 1.86. The lowest BCUT2D eigenvalue weighted by atomic mass is 10.2. The summed E-state index contributed by atoms with van der Waals surface area (Å²) in [5.41, 5.74) is 0.877. The first-order valence-corrected chi connectivity index (χ1v) is 4.18. The van der Waals surface area contributed by atoms with Gasteiger partial charge in [0.15, 0.2) is 5.82 Å². The minimum atomic E-state index is 0.436. The van der Waals surface area contributed by atoms with Gasteiger partial charge in [-0.2, -0.15) is 0 Å². The van der Waals surface area contributed by atoms with Crippen LogP contribution in [0.5, 0.6) is 0 Å². The topological polar surface area (TPSA) is 38.9 Å². The van der Waals surface area contributed by atoms with Gasteiger partial charge in [-0.25, -0.2) is 9.97 Å². The van der Waals surface area contributed by atoms with E-state index in [0.717, 1.165) is 11.3 Å². The molecule has 2 aromatic heterocycles. The Hall–Kier alpha value is -1.35. The first kappa shape index (κ1) is 8.26. The van der Waals surface area contributed by atoms with Gasteiger partial charge in [-0.3, -0.25) is 0 Å². The summed E-state index contributed by atoms with van der Waals surface area (Å²) in [5, 5.41) is 0.436. The van der Waals surface area contributed by atoms with E-state index in [0.29, 0.717) is 11.0 Å². The predicted octanol–water partition coefficient (Wildman–Crippen LogP) is 2.70. The molecule has 13 heavy (non-hydrogen) atoms. The monoisotopic (exact) mass is 194 g/mol. The number of hydrogen-bond donors (Lipinski definition) is 0. The van der Waals surface area contributed by atoms with Crippen molar-refractivity contribution >= 4 is 11.6 Å². The van der Waals surface area contributed by atoms with Gasteiger partial charge in [0, 0.05) is 6.20 Å². The van der Waals surface area contributed by atoms with Gasteiger partial charge in [0.1, 0.15) is 10.9 Å². The molecule has 4 heteroatoms. The average Bonchev–Trinajstić information content (AvgIpc) is 2.51. The third kappa shape index (κ3) is 1.55. The normalized spacial score (nSPS) is 10.3. The van der Waals surface area contributed by atoms with Crippen molar-refractivity contribution < 1.29 is 4.42 Å². The lowest BCUT2D eigenvalue weighted by molar-refractivity contribution is 0.535. The minimum Gasteiger partial charge on any atom is -0.469 e. The maximum Gasteiger partial charge on any atom is 0.164 e. The zero-order chi connectivity index (χ0) is 9.26. The van der Waals surface area contributed by atoms with E-state index in [9.17, 15) is 0 Å². The third-order valence-electron chi connectivity index (χ3n) is 1.72. The molecule has 0 saturated heterocycles. The Balaban J connectivity index is 2.53. The lowest BCUT2D eigenvalue weighted by Gasteiger charge is -1.96. The van der Waals surface area contributed by atoms with Crippen molar-refractivity contribution in [2.45, 2.75) is 6.92 Å². The van der Waals surface area contributed by atoms with E-state index in [2.05, 4.69) is 9.97 Å². The van der Waals surface area contributed by atoms with E-state index in [1.54, 1.807) is 18.5 Å². The smallest absolute Gasteiger partial charge is 0.164 e. The van der Waals surface area contributed by atoms with Crippen molar-refractivity contribution in [3.63, 3.8) is 0 Å². The van der Waals surface area contributed by atoms with Crippen LogP contribution in [0.15, 0.2) is 29.0 Å². The molecule has 0 aliphatic carbocycles. The highest BCUT2D eigenvalue weighted by molar-refractivity contribution is 6.29. The number of aromatic nitrogens is 2. The van der Waals surface area contributed by atoms with Crippen LogP contribution in [0.2, 0.25) is 5.15 Å². The molecule has 66 valence electrons. The van der Waals surface area contributed by atoms with Crippen LogP contribution in [-0.4, -0.2) is 9.97 Å². The molecule has 0 atom stereocenters. The highest BCUT2D eigenvalue weighted by Crippen LogP contribution is 2.20. The van der Waals surface area contributed by atoms with Gasteiger partial charge in [-0.1, -0.05) is 11.6 Å². The molecule has 0 aromatic carbocycles. The summed E-state index contributed by atoms with van der Waals surface area (Å²) in [6, 6.07) is 3.46. The maximum absolute atomic E-state index is 5.73. The number of rotatable bonds is 1. The number of nitrogens with zero attached hydrogens (tertiary/aromatic N) is 2. The van der Waals surface area contributed by atoms with Gasteiger partial charge >= 0.3 is 0 Å². The largest absolute Gasteiger partial charge is 0.469 e. The molecule has 0 aliphatic rings. The second kappa shape index (κ2) is 3.18. The van der Waals surface area contributed by atoms with Crippen LogP contribution in [-0.2, 0) is 0 Å². The lowest BCUT2D eigenvalue weighted by Crippen LogP contribution is -1.87. The zero-order valence-electron chi connectivity index (χ0n) is 6.99. The number of hydrogen-bond acceptors (Lipinski definition) is 3. The minimum absolute atomic E-state index is 0.436. The van der Waals surface area contributed by atoms with Crippen LogP contribution in [0.25, 0.3) is 11.4 Å². The molecule has 0 bridgehead atoms. The molecule has 2 aromatic rings. The summed E-state index contributed by atoms with van der Waals surface area (Å²) in [6.07, 6.45) is 3.23. The Morgan fingerprint density at radius 3 is 2.85 bits per heavy atom. The quantitative estimate of drug-likeness (QED) is 0.656. The van der Waals surface area contributed by atoms with Gasteiger partial charge in [0.05, 0.1) is 11.8 Å². The molecule has 0 N–H and O–H groups in total. The van der Waals surface area contributed by atoms with Gasteiger partial charge in [-0.15, -0.1) is 0 Å². The molecule has 2 heterocycles. The van der Waals surface area contributed by atoms with E-state index in [4.69, 9.17) is 16.0 Å². The highest BCUT2D eigenvalue weighted by Gasteiger charge is 2.06. The molecule has 3 nitrogen and oxygen atoms in total. The van der Waals surface area contributed by atoms with Crippen LogP contribution in [0.3, 0.4) is 0 Å². The number of furan rings is 1. The maximum atomic E-state index is 5.73. The Morgan fingerprint density at radius 1 is 1.38 bits per heavy atom. The fourth-order valence-electron chi connectivity index (χ4n) is 1.08. The van der Waals surface area contributed by atoms with Gasteiger partial charge in [0.2, 0.25) is 0 Å². The SMILES string of the molecule is Cc1occc1-c1nccc(Cl)n1. The molecule has 2 rings (SSSR count). The molecule has 0 unspecified atom stereocenters. The summed E-state index contributed by atoms with van der Waals surface area (Å²) in [4.78, 5) is 8.16. The highest BCUT2D eigenvalue weighted by atomic mass is 35.5. The zero-order valence-corrected chi connectivity index (χ0v) is 7.75. The fourth-order valence-corrected chi connectivity index (χ4v) is 1.22. The average molecular weight is 195 g/mol. The Bertz CT molecular complexity index is 425. The predicted molar refractivity (Wildman–Crippen MR) is 49.5 cm³/mol. The first-order valence-electron chi connectivity index (χ1n) is 3.80. The molecule has 0 aliphatic heterocycles. The van der Waals surface area contributed by atoms with Gasteiger partial charge in [0.25, 0.3) is 0 Å². The van der Waals surface area contributed by atoms with E-state index < -0.39 is 0 Å². The van der Waals surface area contributed by atoms with Crippen molar-refractivity contribution in [1.29, 1.82) is 0 Å². The summed E-state index contributed by atoms with van der Waals surface area (Å²) < 4.78 is 5.14. The third-order valence-corrected chi connectivity index (χ3v) is 1.93. The van der Waals surface area contributed by atoms with E-state index >= 15 is 0 Å². The van der Waals surface area contributed by atoms with Crippen molar-refractivity contribution in [1.82, 2.24) is 9.97 Å². The van der Waals surface area contributed by atoms with Crippen molar-refractivity contribution in [2.24, 2.45) is 0 Å². The Kier molecular flexibility index (Phi) is 2.02. The molecular weight excluding hydrogens is 188 g/mol. The number of halogens is 1. The molecule has 0 saturated carbocycles. The van der Waals surface area contributed by atoms with Crippen LogP contribution in [0.4, 0.5) is 0 Å². The van der Waals surface area contributed by atoms with Crippen LogP contribution in [0.1, 0.15) is 5.76 Å². The first-order chi connectivity index (χ1) is 6.27. The van der Waals surface area contributed by atoms with E-state index in [1.165, 1.54) is 0 Å². The van der Waals surface area contributed by atoms with Crippen LogP contribution >= 0.6 is 11.6 Å². The number of aryl methyl sites for hydroxylation is 1. The Labute approximate surface area is 80.4 Å². The van der Waals surface area contributed by atoms with Crippen molar-refractivity contribution in [2.75, 3.05) is 0 Å².